The Labute approximate surface area is 85.8 Å². The summed E-state index contributed by atoms with van der Waals surface area (Å²) in [5.41, 5.74) is 1.69. The standard InChI is InChI=1S/C9H11N3OS/c1-6-3-4-14-9(6)8(13)7-5-10-12(2)11-7/h3-5,8,13H,1-2H3. The third-order valence-corrected chi connectivity index (χ3v) is 3.12. The maximum absolute atomic E-state index is 9.97. The number of aryl methyl sites for hydroxylation is 2. The Hall–Kier alpha value is -1.20. The molecule has 74 valence electrons. The van der Waals surface area contributed by atoms with Crippen LogP contribution in [0.15, 0.2) is 17.6 Å². The molecule has 0 fully saturated rings. The molecule has 0 spiro atoms. The number of aliphatic hydroxyl groups is 1. The van der Waals surface area contributed by atoms with Gasteiger partial charge in [0.2, 0.25) is 0 Å². The number of hydrogen-bond donors (Lipinski definition) is 1. The zero-order valence-corrected chi connectivity index (χ0v) is 8.82. The van der Waals surface area contributed by atoms with Crippen molar-refractivity contribution < 1.29 is 5.11 Å². The number of nitrogens with zero attached hydrogens (tertiary/aromatic N) is 3. The first-order valence-corrected chi connectivity index (χ1v) is 5.14. The summed E-state index contributed by atoms with van der Waals surface area (Å²) < 4.78 is 0. The van der Waals surface area contributed by atoms with Gasteiger partial charge >= 0.3 is 0 Å². The second kappa shape index (κ2) is 3.51. The van der Waals surface area contributed by atoms with Gasteiger partial charge in [-0.25, -0.2) is 0 Å². The number of rotatable bonds is 2. The molecule has 14 heavy (non-hydrogen) atoms. The van der Waals surface area contributed by atoms with E-state index >= 15 is 0 Å². The van der Waals surface area contributed by atoms with E-state index in [1.54, 1.807) is 13.2 Å². The van der Waals surface area contributed by atoms with Gasteiger partial charge in [-0.15, -0.1) is 11.3 Å². The lowest BCUT2D eigenvalue weighted by molar-refractivity contribution is 0.217. The molecule has 1 N–H and O–H groups in total. The van der Waals surface area contributed by atoms with Crippen LogP contribution >= 0.6 is 11.3 Å². The van der Waals surface area contributed by atoms with Crippen LogP contribution in [-0.4, -0.2) is 20.1 Å². The summed E-state index contributed by atoms with van der Waals surface area (Å²) in [6, 6.07) is 1.99. The van der Waals surface area contributed by atoms with Gasteiger partial charge in [-0.1, -0.05) is 0 Å². The summed E-state index contributed by atoms with van der Waals surface area (Å²) in [4.78, 5) is 2.38. The lowest BCUT2D eigenvalue weighted by Gasteiger charge is -2.05. The van der Waals surface area contributed by atoms with Crippen molar-refractivity contribution in [2.24, 2.45) is 7.05 Å². The minimum Gasteiger partial charge on any atom is -0.381 e. The molecule has 4 nitrogen and oxygen atoms in total. The molecule has 5 heteroatoms. The van der Waals surface area contributed by atoms with Crippen molar-refractivity contribution in [3.05, 3.63) is 33.8 Å². The van der Waals surface area contributed by atoms with Gasteiger partial charge in [-0.05, 0) is 23.9 Å². The lowest BCUT2D eigenvalue weighted by atomic mass is 10.1. The van der Waals surface area contributed by atoms with Crippen molar-refractivity contribution in [3.63, 3.8) is 0 Å². The van der Waals surface area contributed by atoms with Crippen molar-refractivity contribution in [1.82, 2.24) is 15.0 Å². The van der Waals surface area contributed by atoms with Gasteiger partial charge < -0.3 is 5.11 Å². The number of aromatic nitrogens is 3. The van der Waals surface area contributed by atoms with E-state index in [1.807, 2.05) is 18.4 Å². The highest BCUT2D eigenvalue weighted by Crippen LogP contribution is 2.27. The SMILES string of the molecule is Cc1ccsc1C(O)c1cnn(C)n1. The summed E-state index contributed by atoms with van der Waals surface area (Å²) in [6.07, 6.45) is 0.938. The zero-order valence-electron chi connectivity index (χ0n) is 8.01. The highest BCUT2D eigenvalue weighted by atomic mass is 32.1. The number of hydrogen-bond acceptors (Lipinski definition) is 4. The Bertz CT molecular complexity index is 435. The highest BCUT2D eigenvalue weighted by molar-refractivity contribution is 7.10. The predicted octanol–water partition coefficient (Wildman–Crippen LogP) is 1.27. The topological polar surface area (TPSA) is 50.9 Å². The molecule has 2 heterocycles. The summed E-state index contributed by atoms with van der Waals surface area (Å²) >= 11 is 1.53. The average Bonchev–Trinajstić information content (AvgIpc) is 2.73. The molecule has 1 atom stereocenters. The zero-order chi connectivity index (χ0) is 10.1. The van der Waals surface area contributed by atoms with Gasteiger partial charge in [0.25, 0.3) is 0 Å². The van der Waals surface area contributed by atoms with Crippen LogP contribution in [0.25, 0.3) is 0 Å². The molecule has 0 aromatic carbocycles. The van der Waals surface area contributed by atoms with Gasteiger partial charge in [0, 0.05) is 11.9 Å². The normalized spacial score (nSPS) is 13.1. The molecule has 1 unspecified atom stereocenters. The first-order valence-electron chi connectivity index (χ1n) is 4.27. The Kier molecular flexibility index (Phi) is 2.35. The van der Waals surface area contributed by atoms with Crippen LogP contribution in [0.1, 0.15) is 22.2 Å². The molecule has 0 bridgehead atoms. The van der Waals surface area contributed by atoms with Crippen LogP contribution in [-0.2, 0) is 7.05 Å². The molecule has 0 aliphatic carbocycles. The van der Waals surface area contributed by atoms with E-state index in [1.165, 1.54) is 16.1 Å². The summed E-state index contributed by atoms with van der Waals surface area (Å²) in [6.45, 7) is 1.98. The van der Waals surface area contributed by atoms with Gasteiger partial charge in [0.05, 0.1) is 6.20 Å². The summed E-state index contributed by atoms with van der Waals surface area (Å²) in [5.74, 6) is 0. The molecule has 2 aromatic rings. The van der Waals surface area contributed by atoms with Gasteiger partial charge in [0.1, 0.15) is 11.8 Å². The van der Waals surface area contributed by atoms with Crippen LogP contribution in [0.2, 0.25) is 0 Å². The Balaban J connectivity index is 2.33. The molecule has 0 amide bonds. The molecule has 2 rings (SSSR count). The van der Waals surface area contributed by atoms with E-state index in [2.05, 4.69) is 10.2 Å². The first kappa shape index (κ1) is 9.36. The van der Waals surface area contributed by atoms with Crippen molar-refractivity contribution >= 4 is 11.3 Å². The second-order valence-corrected chi connectivity index (χ2v) is 4.08. The van der Waals surface area contributed by atoms with E-state index in [0.29, 0.717) is 5.69 Å². The molecular weight excluding hydrogens is 198 g/mol. The highest BCUT2D eigenvalue weighted by Gasteiger charge is 2.16. The Morgan fingerprint density at radius 3 is 2.86 bits per heavy atom. The molecule has 0 saturated heterocycles. The second-order valence-electron chi connectivity index (χ2n) is 3.13. The fourth-order valence-corrected chi connectivity index (χ4v) is 2.21. The van der Waals surface area contributed by atoms with Crippen LogP contribution in [0.4, 0.5) is 0 Å². The molecule has 0 aliphatic heterocycles. The van der Waals surface area contributed by atoms with Crippen LogP contribution in [0.5, 0.6) is 0 Å². The Morgan fingerprint density at radius 1 is 1.57 bits per heavy atom. The fraction of sp³-hybridized carbons (Fsp3) is 0.333. The van der Waals surface area contributed by atoms with Crippen LogP contribution in [0, 0.1) is 6.92 Å². The first-order chi connectivity index (χ1) is 6.68. The summed E-state index contributed by atoms with van der Waals surface area (Å²) in [7, 11) is 1.73. The molecule has 2 aromatic heterocycles. The molecule has 0 radical (unpaired) electrons. The third kappa shape index (κ3) is 1.56. The largest absolute Gasteiger partial charge is 0.381 e. The number of thiophene rings is 1. The maximum atomic E-state index is 9.97. The van der Waals surface area contributed by atoms with Crippen molar-refractivity contribution in [3.8, 4) is 0 Å². The Morgan fingerprint density at radius 2 is 2.36 bits per heavy atom. The minimum atomic E-state index is -0.649. The molecule has 0 saturated carbocycles. The number of aliphatic hydroxyl groups excluding tert-OH is 1. The maximum Gasteiger partial charge on any atom is 0.134 e. The van der Waals surface area contributed by atoms with E-state index in [-0.39, 0.29) is 0 Å². The molecular formula is C9H11N3OS. The third-order valence-electron chi connectivity index (χ3n) is 2.05. The predicted molar refractivity (Wildman–Crippen MR) is 54.1 cm³/mol. The van der Waals surface area contributed by atoms with Crippen molar-refractivity contribution in [2.75, 3.05) is 0 Å². The van der Waals surface area contributed by atoms with Gasteiger partial charge in [-0.2, -0.15) is 15.0 Å². The lowest BCUT2D eigenvalue weighted by Crippen LogP contribution is -2.01. The van der Waals surface area contributed by atoms with Crippen molar-refractivity contribution in [2.45, 2.75) is 13.0 Å². The van der Waals surface area contributed by atoms with E-state index in [9.17, 15) is 5.11 Å². The van der Waals surface area contributed by atoms with Gasteiger partial charge in [0.15, 0.2) is 0 Å². The van der Waals surface area contributed by atoms with E-state index in [4.69, 9.17) is 0 Å². The van der Waals surface area contributed by atoms with Crippen LogP contribution < -0.4 is 0 Å². The quantitative estimate of drug-likeness (QED) is 0.810. The average molecular weight is 209 g/mol. The monoisotopic (exact) mass is 209 g/mol. The smallest absolute Gasteiger partial charge is 0.134 e. The fourth-order valence-electron chi connectivity index (χ4n) is 1.29. The van der Waals surface area contributed by atoms with E-state index in [0.717, 1.165) is 10.4 Å². The van der Waals surface area contributed by atoms with Crippen LogP contribution in [0.3, 0.4) is 0 Å². The van der Waals surface area contributed by atoms with Gasteiger partial charge in [-0.3, -0.25) is 0 Å². The van der Waals surface area contributed by atoms with E-state index < -0.39 is 6.10 Å². The summed E-state index contributed by atoms with van der Waals surface area (Å²) in [5, 5.41) is 19.9. The van der Waals surface area contributed by atoms with Crippen molar-refractivity contribution in [1.29, 1.82) is 0 Å². The minimum absolute atomic E-state index is 0.595. The molecule has 0 aliphatic rings.